The SMILES string of the molecule is CC(=O)NC(CC(=O)N(C)CC(C)(C)CN)c1ccc(Cl)cc1. The van der Waals surface area contributed by atoms with E-state index in [0.717, 1.165) is 5.56 Å². The van der Waals surface area contributed by atoms with E-state index in [0.29, 0.717) is 18.1 Å². The number of benzene rings is 1. The smallest absolute Gasteiger partial charge is 0.224 e. The van der Waals surface area contributed by atoms with E-state index in [1.54, 1.807) is 24.1 Å². The molecule has 2 amide bonds. The van der Waals surface area contributed by atoms with Crippen LogP contribution in [0.2, 0.25) is 5.02 Å². The fraction of sp³-hybridized carbons (Fsp3) is 0.529. The topological polar surface area (TPSA) is 75.4 Å². The number of hydrogen-bond acceptors (Lipinski definition) is 3. The van der Waals surface area contributed by atoms with Crippen LogP contribution in [0.3, 0.4) is 0 Å². The predicted octanol–water partition coefficient (Wildman–Crippen LogP) is 2.35. The fourth-order valence-corrected chi connectivity index (χ4v) is 2.44. The Bertz CT molecular complexity index is 543. The second-order valence-electron chi connectivity index (χ2n) is 6.63. The van der Waals surface area contributed by atoms with Crippen molar-refractivity contribution in [2.75, 3.05) is 20.1 Å². The Labute approximate surface area is 143 Å². The van der Waals surface area contributed by atoms with Crippen LogP contribution in [-0.4, -0.2) is 36.9 Å². The number of nitrogens with zero attached hydrogens (tertiary/aromatic N) is 1. The number of carbonyl (C=O) groups is 2. The van der Waals surface area contributed by atoms with E-state index in [1.807, 2.05) is 26.0 Å². The molecule has 1 unspecified atom stereocenters. The summed E-state index contributed by atoms with van der Waals surface area (Å²) in [5.41, 5.74) is 6.43. The number of amides is 2. The highest BCUT2D eigenvalue weighted by atomic mass is 35.5. The molecule has 1 aromatic rings. The number of nitrogens with one attached hydrogen (secondary N) is 1. The van der Waals surface area contributed by atoms with Crippen LogP contribution in [0.5, 0.6) is 0 Å². The minimum absolute atomic E-state index is 0.0415. The van der Waals surface area contributed by atoms with Gasteiger partial charge in [-0.05, 0) is 29.7 Å². The molecule has 1 aromatic carbocycles. The molecule has 0 spiro atoms. The molecule has 0 radical (unpaired) electrons. The van der Waals surface area contributed by atoms with Crippen molar-refractivity contribution in [2.24, 2.45) is 11.1 Å². The van der Waals surface area contributed by atoms with Gasteiger partial charge in [-0.15, -0.1) is 0 Å². The molecule has 0 saturated carbocycles. The molecule has 3 N–H and O–H groups in total. The highest BCUT2D eigenvalue weighted by Crippen LogP contribution is 2.21. The third kappa shape index (κ3) is 6.59. The Morgan fingerprint density at radius 1 is 1.30 bits per heavy atom. The Balaban J connectivity index is 2.82. The summed E-state index contributed by atoms with van der Waals surface area (Å²) in [5.74, 6) is -0.220. The van der Waals surface area contributed by atoms with Gasteiger partial charge in [0.2, 0.25) is 11.8 Å². The molecule has 1 rings (SSSR count). The lowest BCUT2D eigenvalue weighted by molar-refractivity contribution is -0.132. The van der Waals surface area contributed by atoms with Gasteiger partial charge in [0.15, 0.2) is 0 Å². The monoisotopic (exact) mass is 339 g/mol. The van der Waals surface area contributed by atoms with Gasteiger partial charge in [0, 0.05) is 25.5 Å². The van der Waals surface area contributed by atoms with E-state index in [-0.39, 0.29) is 29.7 Å². The van der Waals surface area contributed by atoms with Crippen molar-refractivity contribution in [3.05, 3.63) is 34.9 Å². The van der Waals surface area contributed by atoms with Gasteiger partial charge in [0.25, 0.3) is 0 Å². The molecular formula is C17H26ClN3O2. The molecule has 6 heteroatoms. The lowest BCUT2D eigenvalue weighted by Gasteiger charge is -2.30. The van der Waals surface area contributed by atoms with Crippen LogP contribution in [0.25, 0.3) is 0 Å². The van der Waals surface area contributed by atoms with Crippen LogP contribution < -0.4 is 11.1 Å². The van der Waals surface area contributed by atoms with Crippen LogP contribution in [0.15, 0.2) is 24.3 Å². The van der Waals surface area contributed by atoms with Gasteiger partial charge in [-0.1, -0.05) is 37.6 Å². The number of halogens is 1. The van der Waals surface area contributed by atoms with E-state index in [1.165, 1.54) is 6.92 Å². The Morgan fingerprint density at radius 2 is 1.87 bits per heavy atom. The van der Waals surface area contributed by atoms with Gasteiger partial charge >= 0.3 is 0 Å². The number of rotatable bonds is 7. The molecule has 0 heterocycles. The zero-order chi connectivity index (χ0) is 17.6. The molecule has 0 saturated heterocycles. The van der Waals surface area contributed by atoms with E-state index >= 15 is 0 Å². The molecule has 0 aliphatic carbocycles. The van der Waals surface area contributed by atoms with Crippen molar-refractivity contribution in [1.29, 1.82) is 0 Å². The zero-order valence-corrected chi connectivity index (χ0v) is 15.0. The summed E-state index contributed by atoms with van der Waals surface area (Å²) < 4.78 is 0. The first-order valence-electron chi connectivity index (χ1n) is 7.61. The summed E-state index contributed by atoms with van der Waals surface area (Å²) in [6.07, 6.45) is 0.193. The van der Waals surface area contributed by atoms with Crippen molar-refractivity contribution < 1.29 is 9.59 Å². The predicted molar refractivity (Wildman–Crippen MR) is 93.1 cm³/mol. The van der Waals surface area contributed by atoms with Gasteiger partial charge in [-0.2, -0.15) is 0 Å². The summed E-state index contributed by atoms with van der Waals surface area (Å²) in [4.78, 5) is 25.6. The highest BCUT2D eigenvalue weighted by molar-refractivity contribution is 6.30. The first-order valence-corrected chi connectivity index (χ1v) is 7.99. The normalized spacial score (nSPS) is 12.6. The van der Waals surface area contributed by atoms with Gasteiger partial charge in [-0.3, -0.25) is 9.59 Å². The molecular weight excluding hydrogens is 314 g/mol. The molecule has 128 valence electrons. The Kier molecular flexibility index (Phi) is 7.03. The van der Waals surface area contributed by atoms with Gasteiger partial charge < -0.3 is 16.0 Å². The van der Waals surface area contributed by atoms with Gasteiger partial charge in [0.05, 0.1) is 12.5 Å². The van der Waals surface area contributed by atoms with Gasteiger partial charge in [0.1, 0.15) is 0 Å². The van der Waals surface area contributed by atoms with Crippen molar-refractivity contribution in [3.8, 4) is 0 Å². The maximum Gasteiger partial charge on any atom is 0.224 e. The maximum absolute atomic E-state index is 12.5. The Morgan fingerprint density at radius 3 is 2.35 bits per heavy atom. The molecule has 0 aliphatic heterocycles. The van der Waals surface area contributed by atoms with Gasteiger partial charge in [-0.25, -0.2) is 0 Å². The zero-order valence-electron chi connectivity index (χ0n) is 14.2. The summed E-state index contributed by atoms with van der Waals surface area (Å²) in [6.45, 7) is 6.53. The fourth-order valence-electron chi connectivity index (χ4n) is 2.32. The minimum Gasteiger partial charge on any atom is -0.349 e. The van der Waals surface area contributed by atoms with Crippen LogP contribution in [-0.2, 0) is 9.59 Å². The van der Waals surface area contributed by atoms with Crippen LogP contribution in [0.4, 0.5) is 0 Å². The third-order valence-corrected chi connectivity index (χ3v) is 3.92. The summed E-state index contributed by atoms with van der Waals surface area (Å²) in [7, 11) is 1.76. The minimum atomic E-state index is -0.374. The van der Waals surface area contributed by atoms with Crippen LogP contribution in [0.1, 0.15) is 38.8 Å². The largest absolute Gasteiger partial charge is 0.349 e. The number of hydrogen-bond donors (Lipinski definition) is 2. The number of carbonyl (C=O) groups excluding carboxylic acids is 2. The van der Waals surface area contributed by atoms with Crippen LogP contribution in [0, 0.1) is 5.41 Å². The van der Waals surface area contributed by atoms with Crippen molar-refractivity contribution >= 4 is 23.4 Å². The van der Waals surface area contributed by atoms with Crippen molar-refractivity contribution in [2.45, 2.75) is 33.2 Å². The average molecular weight is 340 g/mol. The van der Waals surface area contributed by atoms with E-state index in [2.05, 4.69) is 5.32 Å². The maximum atomic E-state index is 12.5. The van der Waals surface area contributed by atoms with E-state index in [4.69, 9.17) is 17.3 Å². The number of nitrogens with two attached hydrogens (primary N) is 1. The molecule has 1 atom stereocenters. The van der Waals surface area contributed by atoms with Crippen molar-refractivity contribution in [1.82, 2.24) is 10.2 Å². The average Bonchev–Trinajstić information content (AvgIpc) is 2.46. The lowest BCUT2D eigenvalue weighted by Crippen LogP contribution is -2.41. The van der Waals surface area contributed by atoms with Crippen LogP contribution >= 0.6 is 11.6 Å². The first kappa shape index (κ1) is 19.5. The molecule has 0 aliphatic rings. The quantitative estimate of drug-likeness (QED) is 0.800. The molecule has 0 bridgehead atoms. The summed E-state index contributed by atoms with van der Waals surface area (Å²) in [5, 5.41) is 3.44. The molecule has 0 fully saturated rings. The standard InChI is InChI=1S/C17H26ClN3O2/c1-12(22)20-15(13-5-7-14(18)8-6-13)9-16(23)21(4)11-17(2,3)10-19/h5-8,15H,9-11,19H2,1-4H3,(H,20,22). The second-order valence-corrected chi connectivity index (χ2v) is 7.06. The van der Waals surface area contributed by atoms with E-state index < -0.39 is 0 Å². The summed E-state index contributed by atoms with van der Waals surface area (Å²) in [6, 6.07) is 6.76. The summed E-state index contributed by atoms with van der Waals surface area (Å²) >= 11 is 5.89. The molecule has 5 nitrogen and oxygen atoms in total. The first-order chi connectivity index (χ1) is 10.6. The lowest BCUT2D eigenvalue weighted by atomic mass is 9.93. The highest BCUT2D eigenvalue weighted by Gasteiger charge is 2.24. The van der Waals surface area contributed by atoms with Crippen molar-refractivity contribution in [3.63, 3.8) is 0 Å². The van der Waals surface area contributed by atoms with E-state index in [9.17, 15) is 9.59 Å². The third-order valence-electron chi connectivity index (χ3n) is 3.67. The molecule has 0 aromatic heterocycles. The molecule has 23 heavy (non-hydrogen) atoms. The second kappa shape index (κ2) is 8.31. The Hall–Kier alpha value is -1.59.